The van der Waals surface area contributed by atoms with Gasteiger partial charge < -0.3 is 18.9 Å². The van der Waals surface area contributed by atoms with Crippen molar-refractivity contribution in [1.29, 1.82) is 0 Å². The van der Waals surface area contributed by atoms with Gasteiger partial charge in [0.2, 0.25) is 20.4 Å². The van der Waals surface area contributed by atoms with Crippen LogP contribution in [0.25, 0.3) is 0 Å². The van der Waals surface area contributed by atoms with E-state index in [1.54, 1.807) is 0 Å². The summed E-state index contributed by atoms with van der Waals surface area (Å²) in [7, 11) is -3.48. The fraction of sp³-hybridized carbons (Fsp3) is 0.478. The summed E-state index contributed by atoms with van der Waals surface area (Å²) in [5.74, 6) is -2.52. The van der Waals surface area contributed by atoms with Crippen LogP contribution in [-0.4, -0.2) is 50.9 Å². The van der Waals surface area contributed by atoms with Crippen molar-refractivity contribution in [2.24, 2.45) is 0 Å². The second-order valence-corrected chi connectivity index (χ2v) is 8.29. The third-order valence-corrected chi connectivity index (χ3v) is 3.88. The standard InChI is InChI=1S/C11H17O7P.C9H12O4.3CH4/c1-8(2)10(12)15-6-17-19(5,14)18-7-16-11(13)9(3)4;1-6(2)8(10)12-5-13-9(11)7(3)4;;;/h1,3,6-7H2,2,4-5H3;1,3,5H2,2,4H3;3*1H4. The van der Waals surface area contributed by atoms with E-state index in [0.717, 1.165) is 6.66 Å². The Bertz CT molecular complexity index is 750. The van der Waals surface area contributed by atoms with Gasteiger partial charge in [-0.25, -0.2) is 19.2 Å². The lowest BCUT2D eigenvalue weighted by molar-refractivity contribution is -0.161. The molecule has 0 saturated carbocycles. The Hall–Kier alpha value is -3.01. The molecule has 0 heterocycles. The maximum absolute atomic E-state index is 11.6. The maximum Gasteiger partial charge on any atom is 0.335 e. The van der Waals surface area contributed by atoms with Gasteiger partial charge in [0.05, 0.1) is 0 Å². The first-order valence-corrected chi connectivity index (χ1v) is 10.8. The Morgan fingerprint density at radius 2 is 0.743 bits per heavy atom. The van der Waals surface area contributed by atoms with Crippen LogP contribution in [0, 0.1) is 0 Å². The molecule has 204 valence electrons. The fourth-order valence-electron chi connectivity index (χ4n) is 1.02. The molecule has 0 aromatic carbocycles. The first-order chi connectivity index (χ1) is 14.6. The lowest BCUT2D eigenvalue weighted by atomic mass is 10.4. The normalized spacial score (nSPS) is 9.06. The second-order valence-electron chi connectivity index (χ2n) is 6.23. The summed E-state index contributed by atoms with van der Waals surface area (Å²) >= 11 is 0. The summed E-state index contributed by atoms with van der Waals surface area (Å²) < 4.78 is 39.2. The van der Waals surface area contributed by atoms with Crippen molar-refractivity contribution in [3.8, 4) is 0 Å². The molecule has 0 bridgehead atoms. The summed E-state index contributed by atoms with van der Waals surface area (Å²) in [6.45, 7) is 19.0. The maximum atomic E-state index is 11.6. The lowest BCUT2D eigenvalue weighted by Gasteiger charge is -2.14. The second kappa shape index (κ2) is 21.5. The minimum atomic E-state index is -3.48. The van der Waals surface area contributed by atoms with Crippen LogP contribution in [0.3, 0.4) is 0 Å². The average Bonchev–Trinajstić information content (AvgIpc) is 2.67. The number of carbonyl (C=O) groups excluding carboxylic acids is 4. The summed E-state index contributed by atoms with van der Waals surface area (Å²) in [6, 6.07) is 0. The van der Waals surface area contributed by atoms with E-state index >= 15 is 0 Å². The van der Waals surface area contributed by atoms with Crippen molar-refractivity contribution >= 4 is 31.5 Å². The number of ether oxygens (including phenoxy) is 4. The lowest BCUT2D eigenvalue weighted by Crippen LogP contribution is -2.13. The third kappa shape index (κ3) is 23.9. The van der Waals surface area contributed by atoms with Crippen LogP contribution in [0.2, 0.25) is 0 Å². The molecule has 0 rings (SSSR count). The van der Waals surface area contributed by atoms with Gasteiger partial charge in [-0.15, -0.1) is 0 Å². The highest BCUT2D eigenvalue weighted by atomic mass is 31.2. The molecule has 0 N–H and O–H groups in total. The predicted molar refractivity (Wildman–Crippen MR) is 134 cm³/mol. The molecule has 0 aromatic heterocycles. The summed E-state index contributed by atoms with van der Waals surface area (Å²) in [6.07, 6.45) is 0. The summed E-state index contributed by atoms with van der Waals surface area (Å²) in [5.41, 5.74) is 0.884. The van der Waals surface area contributed by atoms with E-state index < -0.39 is 51.9 Å². The molecule has 12 heteroatoms. The van der Waals surface area contributed by atoms with Gasteiger partial charge >= 0.3 is 31.5 Å². The number of rotatable bonds is 12. The van der Waals surface area contributed by atoms with Crippen molar-refractivity contribution in [2.75, 3.05) is 27.0 Å². The largest absolute Gasteiger partial charge is 0.435 e. The smallest absolute Gasteiger partial charge is 0.335 e. The molecule has 0 fully saturated rings. The summed E-state index contributed by atoms with van der Waals surface area (Å²) in [4.78, 5) is 43.5. The Morgan fingerprint density at radius 1 is 0.543 bits per heavy atom. The zero-order valence-electron chi connectivity index (χ0n) is 18.9. The number of hydrogen-bond acceptors (Lipinski definition) is 11. The Morgan fingerprint density at radius 3 is 0.943 bits per heavy atom. The average molecular weight is 525 g/mol. The first-order valence-electron chi connectivity index (χ1n) is 8.77. The summed E-state index contributed by atoms with van der Waals surface area (Å²) in [5, 5.41) is 0. The Labute approximate surface area is 209 Å². The van der Waals surface area contributed by atoms with Crippen LogP contribution in [0.4, 0.5) is 0 Å². The van der Waals surface area contributed by atoms with Crippen molar-refractivity contribution in [3.05, 3.63) is 48.6 Å². The van der Waals surface area contributed by atoms with Crippen LogP contribution in [0.5, 0.6) is 0 Å². The van der Waals surface area contributed by atoms with E-state index in [1.807, 2.05) is 0 Å². The van der Waals surface area contributed by atoms with Gasteiger partial charge in [-0.2, -0.15) is 0 Å². The zero-order chi connectivity index (χ0) is 25.5. The number of esters is 4. The highest BCUT2D eigenvalue weighted by molar-refractivity contribution is 7.52. The molecule has 0 aliphatic carbocycles. The predicted octanol–water partition coefficient (Wildman–Crippen LogP) is 5.09. The molecule has 0 saturated heterocycles. The molecular weight excluding hydrogens is 483 g/mol. The number of hydrogen-bond donors (Lipinski definition) is 0. The van der Waals surface area contributed by atoms with Crippen LogP contribution >= 0.6 is 7.60 Å². The minimum Gasteiger partial charge on any atom is -0.435 e. The molecule has 35 heavy (non-hydrogen) atoms. The SMILES string of the molecule is C.C.C.C=C(C)C(=O)OCOC(=O)C(=C)C.C=C(C)C(=O)OCOP(C)(=O)OCOC(=O)C(=C)C. The Balaban J connectivity index is -0.000000167. The van der Waals surface area contributed by atoms with Crippen LogP contribution in [0.1, 0.15) is 50.0 Å². The minimum absolute atomic E-state index is 0. The molecule has 0 unspecified atom stereocenters. The van der Waals surface area contributed by atoms with Crippen molar-refractivity contribution in [2.45, 2.75) is 50.0 Å². The topological polar surface area (TPSA) is 141 Å². The van der Waals surface area contributed by atoms with Crippen LogP contribution < -0.4 is 0 Å². The van der Waals surface area contributed by atoms with Crippen molar-refractivity contribution < 1.29 is 51.7 Å². The quantitative estimate of drug-likeness (QED) is 0.111. The van der Waals surface area contributed by atoms with Gasteiger partial charge in [0, 0.05) is 29.0 Å². The van der Waals surface area contributed by atoms with E-state index in [9.17, 15) is 23.7 Å². The van der Waals surface area contributed by atoms with Gasteiger partial charge in [-0.05, 0) is 27.7 Å². The van der Waals surface area contributed by atoms with Gasteiger partial charge in [-0.1, -0.05) is 48.6 Å². The van der Waals surface area contributed by atoms with Gasteiger partial charge in [0.1, 0.15) is 0 Å². The zero-order valence-corrected chi connectivity index (χ0v) is 19.8. The van der Waals surface area contributed by atoms with Crippen LogP contribution in [-0.2, 0) is 51.7 Å². The molecule has 0 amide bonds. The van der Waals surface area contributed by atoms with Crippen molar-refractivity contribution in [3.63, 3.8) is 0 Å². The van der Waals surface area contributed by atoms with Gasteiger partial charge in [-0.3, -0.25) is 13.6 Å². The molecule has 0 spiro atoms. The molecule has 0 aliphatic heterocycles. The molecule has 0 aromatic rings. The van der Waals surface area contributed by atoms with E-state index in [2.05, 4.69) is 45.3 Å². The Kier molecular flexibility index (Phi) is 25.9. The fourth-order valence-corrected chi connectivity index (χ4v) is 1.58. The van der Waals surface area contributed by atoms with E-state index in [0.29, 0.717) is 0 Å². The van der Waals surface area contributed by atoms with E-state index in [4.69, 9.17) is 9.05 Å². The van der Waals surface area contributed by atoms with Crippen molar-refractivity contribution in [1.82, 2.24) is 0 Å². The number of carbonyl (C=O) groups is 4. The van der Waals surface area contributed by atoms with E-state index in [1.165, 1.54) is 27.7 Å². The molecule has 11 nitrogen and oxygen atoms in total. The highest BCUT2D eigenvalue weighted by Gasteiger charge is 2.19. The molecule has 0 atom stereocenters. The molecule has 0 radical (unpaired) electrons. The van der Waals surface area contributed by atoms with Gasteiger partial charge in [0.25, 0.3) is 0 Å². The van der Waals surface area contributed by atoms with Gasteiger partial charge in [0.15, 0.2) is 0 Å². The highest BCUT2D eigenvalue weighted by Crippen LogP contribution is 2.43. The van der Waals surface area contributed by atoms with Crippen LogP contribution in [0.15, 0.2) is 48.6 Å². The monoisotopic (exact) mass is 524 g/mol. The third-order valence-electron chi connectivity index (χ3n) is 2.73. The molecular formula is C23H41O11P. The van der Waals surface area contributed by atoms with E-state index in [-0.39, 0.29) is 44.6 Å². The molecule has 0 aliphatic rings. The first kappa shape index (κ1) is 42.2.